The molecule has 8 heteroatoms. The van der Waals surface area contributed by atoms with Crippen molar-refractivity contribution in [1.29, 1.82) is 0 Å². The Labute approximate surface area is 200 Å². The van der Waals surface area contributed by atoms with E-state index in [4.69, 9.17) is 9.47 Å². The van der Waals surface area contributed by atoms with E-state index in [2.05, 4.69) is 6.92 Å². The number of phenolic OH excluding ortho intramolecular Hbond substituents is 1. The maximum Gasteiger partial charge on any atom is 0.306 e. The zero-order valence-electron chi connectivity index (χ0n) is 20.1. The van der Waals surface area contributed by atoms with E-state index in [9.17, 15) is 25.3 Å². The van der Waals surface area contributed by atoms with E-state index in [1.807, 2.05) is 0 Å². The summed E-state index contributed by atoms with van der Waals surface area (Å²) in [5, 5.41) is 47.6. The number of methoxy groups -OCH3 is 1. The number of aliphatic hydroxyl groups is 2. The third kappa shape index (κ3) is 3.29. The number of hydroxylamine groups is 3. The molecule has 3 N–H and O–H groups in total. The van der Waals surface area contributed by atoms with E-state index >= 15 is 0 Å². The molecule has 0 amide bonds. The number of carbonyl (C=O) groups excluding carboxylic acids is 1. The van der Waals surface area contributed by atoms with E-state index in [0.29, 0.717) is 63.8 Å². The van der Waals surface area contributed by atoms with Gasteiger partial charge < -0.3 is 34.6 Å². The van der Waals surface area contributed by atoms with Crippen LogP contribution in [0.5, 0.6) is 11.5 Å². The molecular formula is C26H37NO7. The smallest absolute Gasteiger partial charge is 0.306 e. The lowest BCUT2D eigenvalue weighted by Gasteiger charge is -2.76. The van der Waals surface area contributed by atoms with Crippen molar-refractivity contribution in [2.45, 2.75) is 81.6 Å². The number of aryl methyl sites for hydroxylation is 1. The van der Waals surface area contributed by atoms with Crippen LogP contribution in [0.2, 0.25) is 0 Å². The summed E-state index contributed by atoms with van der Waals surface area (Å²) in [5.41, 5.74) is -1.30. The van der Waals surface area contributed by atoms with Crippen molar-refractivity contribution in [2.75, 3.05) is 20.2 Å². The third-order valence-corrected chi connectivity index (χ3v) is 9.41. The van der Waals surface area contributed by atoms with Crippen molar-refractivity contribution in [3.05, 3.63) is 29.0 Å². The Balaban J connectivity index is 1.38. The molecule has 2 bridgehead atoms. The summed E-state index contributed by atoms with van der Waals surface area (Å²) in [5.74, 6) is -0.645. The predicted octanol–water partition coefficient (Wildman–Crippen LogP) is 2.65. The number of quaternary nitrogens is 1. The number of esters is 1. The Bertz CT molecular complexity index is 951. The fraction of sp³-hybridized carbons (Fsp3) is 0.731. The topological polar surface area (TPSA) is 119 Å². The van der Waals surface area contributed by atoms with Gasteiger partial charge >= 0.3 is 5.97 Å². The number of hydrogen-bond donors (Lipinski definition) is 3. The van der Waals surface area contributed by atoms with Crippen LogP contribution in [0.4, 0.5) is 0 Å². The van der Waals surface area contributed by atoms with Gasteiger partial charge in [-0.2, -0.15) is 0 Å². The normalized spacial score (nSPS) is 43.0. The molecule has 2 aliphatic heterocycles. The molecule has 1 unspecified atom stereocenters. The Kier molecular flexibility index (Phi) is 5.87. The molecular weight excluding hydrogens is 438 g/mol. The second-order valence-corrected chi connectivity index (χ2v) is 11.1. The summed E-state index contributed by atoms with van der Waals surface area (Å²) in [7, 11) is 1.47. The number of carbonyl (C=O) groups is 1. The zero-order chi connectivity index (χ0) is 24.3. The van der Waals surface area contributed by atoms with E-state index in [1.54, 1.807) is 12.1 Å². The van der Waals surface area contributed by atoms with Gasteiger partial charge in [-0.3, -0.25) is 4.79 Å². The summed E-state index contributed by atoms with van der Waals surface area (Å²) in [6.45, 7) is 3.10. The molecule has 4 aliphatic rings. The first-order valence-corrected chi connectivity index (χ1v) is 12.7. The minimum absolute atomic E-state index is 0.0371. The molecule has 34 heavy (non-hydrogen) atoms. The number of aromatic hydroxyl groups is 1. The molecule has 188 valence electrons. The zero-order valence-corrected chi connectivity index (χ0v) is 20.1. The van der Waals surface area contributed by atoms with Gasteiger partial charge in [-0.05, 0) is 62.1 Å². The quantitative estimate of drug-likeness (QED) is 0.340. The first-order chi connectivity index (χ1) is 16.1. The van der Waals surface area contributed by atoms with Gasteiger partial charge in [-0.25, -0.2) is 0 Å². The van der Waals surface area contributed by atoms with Gasteiger partial charge in [-0.15, -0.1) is 0 Å². The van der Waals surface area contributed by atoms with Crippen molar-refractivity contribution in [3.63, 3.8) is 0 Å². The minimum atomic E-state index is -1.22. The molecule has 1 spiro atoms. The lowest BCUT2D eigenvalue weighted by atomic mass is 9.44. The van der Waals surface area contributed by atoms with E-state index in [-0.39, 0.29) is 24.0 Å². The van der Waals surface area contributed by atoms with Crippen LogP contribution in [0.1, 0.15) is 57.4 Å². The summed E-state index contributed by atoms with van der Waals surface area (Å²) >= 11 is 0. The number of rotatable bonds is 5. The molecule has 1 aromatic rings. The molecule has 2 aliphatic carbocycles. The molecule has 5 rings (SSSR count). The molecule has 2 saturated carbocycles. The molecule has 4 fully saturated rings. The number of hydrogen-bond acceptors (Lipinski definition) is 7. The maximum atomic E-state index is 14.1. The van der Waals surface area contributed by atoms with E-state index in [1.165, 1.54) is 13.2 Å². The van der Waals surface area contributed by atoms with Crippen molar-refractivity contribution >= 4 is 5.97 Å². The Morgan fingerprint density at radius 2 is 2.03 bits per heavy atom. The second-order valence-electron chi connectivity index (χ2n) is 11.1. The summed E-state index contributed by atoms with van der Waals surface area (Å²) in [6, 6.07) is 4.95. The molecule has 8 nitrogen and oxygen atoms in total. The van der Waals surface area contributed by atoms with Crippen LogP contribution in [0.3, 0.4) is 0 Å². The lowest BCUT2D eigenvalue weighted by Crippen LogP contribution is -2.87. The van der Waals surface area contributed by atoms with Crippen molar-refractivity contribution in [3.8, 4) is 11.5 Å². The standard InChI is InChI=1S/C26H37NO7/c1-16-13-19-24(34-22(29)9-7-17-6-8-20(28)21(14-17)33-2)23(30)18-5-3-11-27(32)12-4-10-26(19,31)25(18,27)15-16/h6,8,14,16,18-19,23-24,28,30-31H,3-5,7,9-13,15H2,1-2H3/t16-,18+,19-,23+,24-,25-,26-,27?/m0/s1. The van der Waals surface area contributed by atoms with Crippen LogP contribution in [0.15, 0.2) is 18.2 Å². The minimum Gasteiger partial charge on any atom is -0.632 e. The molecule has 0 radical (unpaired) electrons. The largest absolute Gasteiger partial charge is 0.632 e. The number of aliphatic hydroxyl groups excluding tert-OH is 1. The fourth-order valence-electron chi connectivity index (χ4n) is 8.17. The predicted molar refractivity (Wildman–Crippen MR) is 124 cm³/mol. The highest BCUT2D eigenvalue weighted by Crippen LogP contribution is 2.65. The van der Waals surface area contributed by atoms with Crippen LogP contribution in [-0.4, -0.2) is 69.5 Å². The maximum absolute atomic E-state index is 14.1. The highest BCUT2D eigenvalue weighted by atomic mass is 16.6. The Morgan fingerprint density at radius 3 is 2.79 bits per heavy atom. The van der Waals surface area contributed by atoms with Gasteiger partial charge in [0.05, 0.1) is 20.2 Å². The van der Waals surface area contributed by atoms with E-state index in [0.717, 1.165) is 5.56 Å². The average molecular weight is 476 g/mol. The lowest BCUT2D eigenvalue weighted by molar-refractivity contribution is -0.963. The van der Waals surface area contributed by atoms with Crippen LogP contribution >= 0.6 is 0 Å². The number of nitrogens with zero attached hydrogens (tertiary/aromatic N) is 1. The van der Waals surface area contributed by atoms with Crippen LogP contribution in [0, 0.1) is 23.0 Å². The van der Waals surface area contributed by atoms with Gasteiger partial charge in [-0.1, -0.05) is 13.0 Å². The van der Waals surface area contributed by atoms with E-state index < -0.39 is 39.9 Å². The molecule has 2 saturated heterocycles. The third-order valence-electron chi connectivity index (χ3n) is 9.41. The molecule has 0 aromatic heterocycles. The van der Waals surface area contributed by atoms with Gasteiger partial charge in [0.2, 0.25) is 0 Å². The summed E-state index contributed by atoms with van der Waals surface area (Å²) in [4.78, 5) is 12.9. The van der Waals surface area contributed by atoms with Crippen molar-refractivity contribution in [2.24, 2.45) is 17.8 Å². The second kappa shape index (κ2) is 8.36. The Morgan fingerprint density at radius 1 is 1.26 bits per heavy atom. The number of benzene rings is 1. The first-order valence-electron chi connectivity index (χ1n) is 12.7. The summed E-state index contributed by atoms with van der Waals surface area (Å²) < 4.78 is 10.7. The molecule has 8 atom stereocenters. The number of phenols is 1. The van der Waals surface area contributed by atoms with Crippen molar-refractivity contribution < 1.29 is 34.2 Å². The molecule has 1 aromatic carbocycles. The van der Waals surface area contributed by atoms with Gasteiger partial charge in [0.15, 0.2) is 11.5 Å². The van der Waals surface area contributed by atoms with Crippen LogP contribution in [-0.2, 0) is 16.0 Å². The fourth-order valence-corrected chi connectivity index (χ4v) is 8.17. The Hall–Kier alpha value is -1.87. The van der Waals surface area contributed by atoms with Crippen LogP contribution < -0.4 is 4.74 Å². The van der Waals surface area contributed by atoms with Crippen molar-refractivity contribution in [1.82, 2.24) is 0 Å². The number of ether oxygens (including phenoxy) is 2. The van der Waals surface area contributed by atoms with Gasteiger partial charge in [0.1, 0.15) is 23.3 Å². The summed E-state index contributed by atoms with van der Waals surface area (Å²) in [6.07, 6.45) is 2.57. The first kappa shape index (κ1) is 23.9. The SMILES string of the molecule is COc1cc(CCC(=O)O[C@@H]2[C@H](O)[C@H]3CCC[N+]4([O-])CCC[C@]5(O)[C@H]2C[C@H](C)C[C@]354)ccc1O. The highest BCUT2D eigenvalue weighted by Gasteiger charge is 2.77. The average Bonchev–Trinajstić information content (AvgIpc) is 2.79. The van der Waals surface area contributed by atoms with Gasteiger partial charge in [0.25, 0.3) is 0 Å². The molecule has 2 heterocycles. The highest BCUT2D eigenvalue weighted by molar-refractivity contribution is 5.70. The number of piperidine rings is 2. The monoisotopic (exact) mass is 475 g/mol. The van der Waals surface area contributed by atoms with Crippen LogP contribution in [0.25, 0.3) is 0 Å². The van der Waals surface area contributed by atoms with Gasteiger partial charge in [0, 0.05) is 24.7 Å².